The number of hydrogen-bond acceptors (Lipinski definition) is 3. The Morgan fingerprint density at radius 1 is 1.50 bits per heavy atom. The first-order valence-electron chi connectivity index (χ1n) is 6.19. The first-order chi connectivity index (χ1) is 7.97. The molecule has 1 fully saturated rings. The standard InChI is InChI=1S/C12H23NO4Si/c1-8(17-18(5,6)12(2,3)4)9-7-13(10(9)14)11(15)16/h8-9H,7H2,1-6H3,(H,15,16). The lowest BCUT2D eigenvalue weighted by Crippen LogP contribution is -2.60. The molecule has 5 nitrogen and oxygen atoms in total. The Kier molecular flexibility index (Phi) is 3.93. The molecule has 0 aromatic heterocycles. The molecule has 0 aliphatic carbocycles. The number of nitrogens with zero attached hydrogens (tertiary/aromatic N) is 1. The minimum absolute atomic E-state index is 0.0839. The summed E-state index contributed by atoms with van der Waals surface area (Å²) in [6.45, 7) is 12.8. The van der Waals surface area contributed by atoms with Crippen LogP contribution in [0, 0.1) is 5.92 Å². The van der Waals surface area contributed by atoms with E-state index in [-0.39, 0.29) is 29.5 Å². The summed E-state index contributed by atoms with van der Waals surface area (Å²) in [7, 11) is -1.91. The van der Waals surface area contributed by atoms with Crippen LogP contribution in [0.4, 0.5) is 4.79 Å². The molecule has 2 atom stereocenters. The molecule has 0 saturated carbocycles. The molecule has 1 heterocycles. The van der Waals surface area contributed by atoms with Gasteiger partial charge in [-0.25, -0.2) is 9.69 Å². The van der Waals surface area contributed by atoms with Crippen LogP contribution in [-0.2, 0) is 9.22 Å². The van der Waals surface area contributed by atoms with Crippen molar-refractivity contribution in [3.8, 4) is 0 Å². The predicted molar refractivity (Wildman–Crippen MR) is 71.0 cm³/mol. The number of imide groups is 1. The second-order valence-corrected chi connectivity index (χ2v) is 11.2. The predicted octanol–water partition coefficient (Wildman–Crippen LogP) is 2.53. The molecule has 0 radical (unpaired) electrons. The summed E-state index contributed by atoms with van der Waals surface area (Å²) < 4.78 is 6.10. The van der Waals surface area contributed by atoms with Crippen LogP contribution < -0.4 is 0 Å². The summed E-state index contributed by atoms with van der Waals surface area (Å²) in [6, 6.07) is 0. The van der Waals surface area contributed by atoms with Crippen molar-refractivity contribution in [2.24, 2.45) is 5.92 Å². The smallest absolute Gasteiger partial charge is 0.414 e. The fourth-order valence-corrected chi connectivity index (χ4v) is 3.14. The Balaban J connectivity index is 2.62. The molecule has 0 spiro atoms. The van der Waals surface area contributed by atoms with E-state index < -0.39 is 14.4 Å². The maximum Gasteiger partial charge on any atom is 0.414 e. The summed E-state index contributed by atoms with van der Waals surface area (Å²) in [5.41, 5.74) is 0. The van der Waals surface area contributed by atoms with Crippen LogP contribution in [0.3, 0.4) is 0 Å². The number of carbonyl (C=O) groups is 2. The zero-order valence-electron chi connectivity index (χ0n) is 12.0. The topological polar surface area (TPSA) is 66.8 Å². The zero-order valence-corrected chi connectivity index (χ0v) is 13.0. The summed E-state index contributed by atoms with van der Waals surface area (Å²) >= 11 is 0. The van der Waals surface area contributed by atoms with Crippen molar-refractivity contribution in [2.45, 2.75) is 51.9 Å². The van der Waals surface area contributed by atoms with E-state index in [9.17, 15) is 9.59 Å². The van der Waals surface area contributed by atoms with E-state index in [4.69, 9.17) is 9.53 Å². The van der Waals surface area contributed by atoms with Gasteiger partial charge in [0, 0.05) is 6.54 Å². The number of amides is 2. The van der Waals surface area contributed by atoms with E-state index in [1.54, 1.807) is 0 Å². The Hall–Kier alpha value is -0.883. The lowest BCUT2D eigenvalue weighted by molar-refractivity contribution is -0.149. The molecule has 104 valence electrons. The van der Waals surface area contributed by atoms with Gasteiger partial charge < -0.3 is 9.53 Å². The highest BCUT2D eigenvalue weighted by Gasteiger charge is 2.47. The maximum atomic E-state index is 11.7. The van der Waals surface area contributed by atoms with Crippen LogP contribution in [0.25, 0.3) is 0 Å². The van der Waals surface area contributed by atoms with Crippen LogP contribution >= 0.6 is 0 Å². The van der Waals surface area contributed by atoms with Gasteiger partial charge in [-0.3, -0.25) is 4.79 Å². The van der Waals surface area contributed by atoms with Crippen molar-refractivity contribution in [1.29, 1.82) is 0 Å². The number of β-lactam (4-membered cyclic amide) rings is 1. The van der Waals surface area contributed by atoms with Crippen molar-refractivity contribution in [1.82, 2.24) is 4.90 Å². The maximum absolute atomic E-state index is 11.7. The van der Waals surface area contributed by atoms with Crippen LogP contribution in [0.2, 0.25) is 18.1 Å². The van der Waals surface area contributed by atoms with Gasteiger partial charge in [0.2, 0.25) is 5.91 Å². The van der Waals surface area contributed by atoms with Gasteiger partial charge >= 0.3 is 6.09 Å². The average Bonchev–Trinajstić information content (AvgIpc) is 2.11. The molecule has 2 unspecified atom stereocenters. The minimum Gasteiger partial charge on any atom is -0.465 e. The highest BCUT2D eigenvalue weighted by molar-refractivity contribution is 6.74. The summed E-state index contributed by atoms with van der Waals surface area (Å²) in [6.07, 6.45) is -1.38. The number of rotatable bonds is 3. The van der Waals surface area contributed by atoms with Gasteiger partial charge in [-0.1, -0.05) is 20.8 Å². The molecule has 18 heavy (non-hydrogen) atoms. The number of carbonyl (C=O) groups excluding carboxylic acids is 1. The second-order valence-electron chi connectivity index (χ2n) is 6.42. The van der Waals surface area contributed by atoms with E-state index in [2.05, 4.69) is 33.9 Å². The highest BCUT2D eigenvalue weighted by atomic mass is 28.4. The molecular weight excluding hydrogens is 250 g/mol. The fourth-order valence-electron chi connectivity index (χ4n) is 1.70. The van der Waals surface area contributed by atoms with Gasteiger partial charge in [0.1, 0.15) is 0 Å². The molecule has 0 aromatic rings. The second kappa shape index (κ2) is 4.66. The van der Waals surface area contributed by atoms with Crippen LogP contribution in [0.1, 0.15) is 27.7 Å². The van der Waals surface area contributed by atoms with Gasteiger partial charge in [-0.15, -0.1) is 0 Å². The Morgan fingerprint density at radius 2 is 2.00 bits per heavy atom. The van der Waals surface area contributed by atoms with Crippen molar-refractivity contribution < 1.29 is 19.1 Å². The van der Waals surface area contributed by atoms with Crippen LogP contribution in [-0.4, -0.2) is 43.0 Å². The molecule has 0 aromatic carbocycles. The third-order valence-electron chi connectivity index (χ3n) is 4.05. The van der Waals surface area contributed by atoms with Crippen LogP contribution in [0.5, 0.6) is 0 Å². The van der Waals surface area contributed by atoms with E-state index in [0.29, 0.717) is 0 Å². The Labute approximate surface area is 109 Å². The molecule has 0 bridgehead atoms. The SMILES string of the molecule is CC(O[Si](C)(C)C(C)(C)C)C1CN(C(=O)O)C1=O. The fraction of sp³-hybridized carbons (Fsp3) is 0.833. The summed E-state index contributed by atoms with van der Waals surface area (Å²) in [4.78, 5) is 23.2. The lowest BCUT2D eigenvalue weighted by Gasteiger charge is -2.44. The zero-order chi connectivity index (χ0) is 14.3. The lowest BCUT2D eigenvalue weighted by atomic mass is 9.94. The molecule has 1 rings (SSSR count). The third-order valence-corrected chi connectivity index (χ3v) is 8.62. The molecular formula is C12H23NO4Si. The molecule has 6 heteroatoms. The van der Waals surface area contributed by atoms with Crippen molar-refractivity contribution in [3.63, 3.8) is 0 Å². The monoisotopic (exact) mass is 273 g/mol. The molecule has 2 amide bonds. The van der Waals surface area contributed by atoms with E-state index in [1.165, 1.54) is 0 Å². The van der Waals surface area contributed by atoms with Crippen molar-refractivity contribution in [3.05, 3.63) is 0 Å². The number of likely N-dealkylation sites (tertiary alicyclic amines) is 1. The minimum atomic E-state index is -1.91. The van der Waals surface area contributed by atoms with E-state index >= 15 is 0 Å². The molecule has 1 aliphatic heterocycles. The highest BCUT2D eigenvalue weighted by Crippen LogP contribution is 2.38. The van der Waals surface area contributed by atoms with Gasteiger partial charge in [0.15, 0.2) is 8.32 Å². The third kappa shape index (κ3) is 2.75. The number of hydrogen-bond donors (Lipinski definition) is 1. The normalized spacial score (nSPS) is 22.7. The summed E-state index contributed by atoms with van der Waals surface area (Å²) in [5, 5.41) is 8.82. The summed E-state index contributed by atoms with van der Waals surface area (Å²) in [5.74, 6) is -0.649. The quantitative estimate of drug-likeness (QED) is 0.634. The average molecular weight is 273 g/mol. The Morgan fingerprint density at radius 3 is 2.33 bits per heavy atom. The van der Waals surface area contributed by atoms with E-state index in [1.807, 2.05) is 6.92 Å². The van der Waals surface area contributed by atoms with Crippen molar-refractivity contribution >= 4 is 20.3 Å². The van der Waals surface area contributed by atoms with E-state index in [0.717, 1.165) is 4.90 Å². The first-order valence-corrected chi connectivity index (χ1v) is 9.10. The van der Waals surface area contributed by atoms with Gasteiger partial charge in [0.05, 0.1) is 12.0 Å². The van der Waals surface area contributed by atoms with Crippen LogP contribution in [0.15, 0.2) is 0 Å². The largest absolute Gasteiger partial charge is 0.465 e. The van der Waals surface area contributed by atoms with Crippen molar-refractivity contribution in [2.75, 3.05) is 6.54 Å². The van der Waals surface area contributed by atoms with Gasteiger partial charge in [-0.05, 0) is 25.1 Å². The molecule has 1 saturated heterocycles. The van der Waals surface area contributed by atoms with Gasteiger partial charge in [0.25, 0.3) is 0 Å². The first kappa shape index (κ1) is 15.2. The molecule has 1 N–H and O–H groups in total. The molecule has 1 aliphatic rings. The Bertz CT molecular complexity index is 362. The number of carboxylic acid groups (broad SMARTS) is 1. The van der Waals surface area contributed by atoms with Gasteiger partial charge in [-0.2, -0.15) is 0 Å².